The first-order valence-electron chi connectivity index (χ1n) is 2.09. The molecule has 0 amide bonds. The summed E-state index contributed by atoms with van der Waals surface area (Å²) in [7, 11) is 1.32. The van der Waals surface area contributed by atoms with Gasteiger partial charge < -0.3 is 0 Å². The average molecular weight is 74.9 g/mol. The molecule has 0 N–H and O–H groups in total. The standard InChI is InChI=1S/C2H6BP/c1-2(3)4/h1,3-4H2/i3TD. The van der Waals surface area contributed by atoms with Crippen molar-refractivity contribution in [2.24, 2.45) is 0 Å². The monoisotopic (exact) mass is 75.0 g/mol. The van der Waals surface area contributed by atoms with Crippen LogP contribution in [-0.2, 0) is 0 Å². The Labute approximate surface area is 32.6 Å². The van der Waals surface area contributed by atoms with E-state index in [2.05, 4.69) is 15.8 Å². The second-order valence-electron chi connectivity index (χ2n) is 0.575. The van der Waals surface area contributed by atoms with Crippen LogP contribution in [0.3, 0.4) is 0 Å². The average Bonchev–Trinajstić information content (AvgIpc) is 1.36. The van der Waals surface area contributed by atoms with Gasteiger partial charge in [-0.3, -0.25) is 0 Å². The van der Waals surface area contributed by atoms with Crippen molar-refractivity contribution in [3.63, 3.8) is 0 Å². The first-order valence-corrected chi connectivity index (χ1v) is 1.51. The molecule has 0 saturated carbocycles. The Balaban J connectivity index is 3.26. The van der Waals surface area contributed by atoms with Crippen LogP contribution in [0.4, 0.5) is 0 Å². The second-order valence-corrected chi connectivity index (χ2v) is 1.32. The zero-order valence-corrected chi connectivity index (χ0v) is 3.52. The van der Waals surface area contributed by atoms with Crippen LogP contribution in [0.5, 0.6) is 0 Å². The molecular formula is C2H6BP. The highest BCUT2D eigenvalue weighted by Crippen LogP contribution is 1.88. The van der Waals surface area contributed by atoms with E-state index in [1.165, 1.54) is 0 Å². The molecule has 0 rings (SSSR count). The summed E-state index contributed by atoms with van der Waals surface area (Å²) in [6.07, 6.45) is 0. The molecule has 0 nitrogen and oxygen atoms in total. The maximum absolute atomic E-state index is 6.58. The highest BCUT2D eigenvalue weighted by atomic mass is 31.0. The number of rotatable bonds is 1. The molecule has 1 unspecified atom stereocenters. The van der Waals surface area contributed by atoms with Gasteiger partial charge in [0.1, 0.15) is 7.77 Å². The molecule has 1 atom stereocenters. The molecule has 0 aromatic rings. The van der Waals surface area contributed by atoms with Crippen LogP contribution in [0.1, 0.15) is 0 Å². The van der Waals surface area contributed by atoms with Crippen LogP contribution in [0, 0.1) is 0 Å². The van der Waals surface area contributed by atoms with Gasteiger partial charge in [-0.05, 0) is 2.67 Å². The fraction of sp³-hybridized carbons (Fsp3) is 0. The molecule has 0 saturated heterocycles. The summed E-state index contributed by atoms with van der Waals surface area (Å²) in [4.78, 5) is 0. The van der Waals surface area contributed by atoms with Crippen LogP contribution in [0.25, 0.3) is 0 Å². The Morgan fingerprint density at radius 3 is 3.25 bits per heavy atom. The minimum atomic E-state index is -0.880. The summed E-state index contributed by atoms with van der Waals surface area (Å²) in [5.74, 6) is 0. The van der Waals surface area contributed by atoms with Crippen LogP contribution in [0.2, 0.25) is 0 Å². The van der Waals surface area contributed by atoms with Gasteiger partial charge in [-0.25, -0.2) is 0 Å². The quantitative estimate of drug-likeness (QED) is 0.303. The highest BCUT2D eigenvalue weighted by molar-refractivity contribution is 7.26. The summed E-state index contributed by atoms with van der Waals surface area (Å²) < 4.78 is 13.2. The predicted molar refractivity (Wildman–Crippen MR) is 27.4 cm³/mol. The van der Waals surface area contributed by atoms with Gasteiger partial charge in [0.25, 0.3) is 0 Å². The summed E-state index contributed by atoms with van der Waals surface area (Å²) in [5, 5.41) is 0.509. The van der Waals surface area contributed by atoms with Gasteiger partial charge >= 0.3 is 0 Å². The van der Waals surface area contributed by atoms with E-state index in [1.54, 1.807) is 0 Å². The van der Waals surface area contributed by atoms with Gasteiger partial charge in [-0.2, -0.15) is 0 Å². The summed E-state index contributed by atoms with van der Waals surface area (Å²) in [5.41, 5.74) is 0. The third-order valence-corrected chi connectivity index (χ3v) is 0. The van der Waals surface area contributed by atoms with E-state index in [0.717, 1.165) is 0 Å². The molecule has 0 aromatic carbocycles. The maximum atomic E-state index is 6.58. The Morgan fingerprint density at radius 1 is 3.00 bits per heavy atom. The van der Waals surface area contributed by atoms with Crippen LogP contribution in [-0.4, -0.2) is 10.4 Å². The molecule has 0 radical (unpaired) electrons. The van der Waals surface area contributed by atoms with Crippen molar-refractivity contribution in [2.45, 2.75) is 0 Å². The van der Waals surface area contributed by atoms with E-state index < -0.39 is 7.77 Å². The minimum Gasteiger partial charge on any atom is -0.121 e. The molecule has 0 bridgehead atoms. The highest BCUT2D eigenvalue weighted by Gasteiger charge is 1.53. The van der Waals surface area contributed by atoms with Crippen molar-refractivity contribution in [3.8, 4) is 0 Å². The Bertz CT molecular complexity index is 62.6. The van der Waals surface area contributed by atoms with Gasteiger partial charge in [0.15, 0.2) is 0 Å². The minimum absolute atomic E-state index is 0.509. The smallest absolute Gasteiger partial charge is 0.121 e. The third kappa shape index (κ3) is 61.8. The normalized spacial score (nSPS) is 12.2. The van der Waals surface area contributed by atoms with Gasteiger partial charge in [-0.15, -0.1) is 15.8 Å². The Kier molecular flexibility index (Phi) is 0.624. The molecule has 0 aliphatic carbocycles. The maximum Gasteiger partial charge on any atom is 0.138 e. The topological polar surface area (TPSA) is 0 Å². The molecule has 4 heavy (non-hydrogen) atoms. The fourth-order valence-corrected chi connectivity index (χ4v) is 0. The number of hydrogen-bond acceptors (Lipinski definition) is 0. The lowest BCUT2D eigenvalue weighted by Gasteiger charge is -1.64. The molecule has 0 spiro atoms. The third-order valence-electron chi connectivity index (χ3n) is 0. The largest absolute Gasteiger partial charge is 0.138 e. The molecule has 0 aliphatic heterocycles. The molecular weight excluding hydrogens is 65.8 g/mol. The molecule has 22 valence electrons. The van der Waals surface area contributed by atoms with E-state index in [1.807, 2.05) is 0 Å². The Morgan fingerprint density at radius 2 is 3.25 bits per heavy atom. The first-order chi connectivity index (χ1) is 2.64. The van der Waals surface area contributed by atoms with Crippen LogP contribution in [0.15, 0.2) is 11.8 Å². The zero-order chi connectivity index (χ0) is 5.15. The first kappa shape index (κ1) is 1.62. The lowest BCUT2D eigenvalue weighted by molar-refractivity contribution is 2.49. The fourth-order valence-electron chi connectivity index (χ4n) is 0. The zero-order valence-electron chi connectivity index (χ0n) is 4.36. The lowest BCUT2D eigenvalue weighted by atomic mass is 10.2. The summed E-state index contributed by atoms with van der Waals surface area (Å²) in [6, 6.07) is 0. The molecule has 0 aromatic heterocycles. The molecule has 0 fully saturated rings. The Hall–Kier alpha value is 0.235. The summed E-state index contributed by atoms with van der Waals surface area (Å²) in [6.45, 7) is 3.34. The molecule has 0 aliphatic rings. The van der Waals surface area contributed by atoms with Gasteiger partial charge in [0, 0.05) is 0 Å². The summed E-state index contributed by atoms with van der Waals surface area (Å²) >= 11 is 0. The van der Waals surface area contributed by atoms with Crippen LogP contribution >= 0.6 is 9.24 Å². The van der Waals surface area contributed by atoms with Crippen molar-refractivity contribution < 1.29 is 0 Å². The van der Waals surface area contributed by atoms with Gasteiger partial charge in [0.05, 0.1) is 0 Å². The van der Waals surface area contributed by atoms with E-state index in [-0.39, 0.29) is 0 Å². The van der Waals surface area contributed by atoms with Crippen molar-refractivity contribution in [1.82, 2.24) is 0 Å². The lowest BCUT2D eigenvalue weighted by Crippen LogP contribution is -1.48. The SMILES string of the molecule is [2H]B([3H])C(=C)P. The van der Waals surface area contributed by atoms with E-state index in [9.17, 15) is 0 Å². The van der Waals surface area contributed by atoms with Gasteiger partial charge in [-0.1, -0.05) is 5.21 Å². The van der Waals surface area contributed by atoms with E-state index in [0.29, 0.717) is 5.21 Å². The molecule has 0 heterocycles. The second kappa shape index (κ2) is 1.54. The van der Waals surface area contributed by atoms with Crippen molar-refractivity contribution in [1.29, 1.82) is 2.67 Å². The van der Waals surface area contributed by atoms with E-state index in [4.69, 9.17) is 2.67 Å². The van der Waals surface area contributed by atoms with Crippen molar-refractivity contribution in [3.05, 3.63) is 11.8 Å². The molecule has 2 heteroatoms. The van der Waals surface area contributed by atoms with Crippen molar-refractivity contribution in [2.75, 3.05) is 0 Å². The van der Waals surface area contributed by atoms with Crippen LogP contribution < -0.4 is 0 Å². The van der Waals surface area contributed by atoms with E-state index >= 15 is 0 Å². The van der Waals surface area contributed by atoms with Gasteiger partial charge in [0.2, 0.25) is 0 Å². The predicted octanol–water partition coefficient (Wildman–Crippen LogP) is -0.0342. The number of hydrogen-bond donors (Lipinski definition) is 0. The van der Waals surface area contributed by atoms with Crippen molar-refractivity contribution >= 4 is 17.0 Å².